The maximum atomic E-state index is 15.2. The van der Waals surface area contributed by atoms with Crippen LogP contribution in [0.1, 0.15) is 94.2 Å². The van der Waals surface area contributed by atoms with E-state index in [0.717, 1.165) is 40.7 Å². The molecule has 42 heavy (non-hydrogen) atoms. The lowest BCUT2D eigenvalue weighted by atomic mass is 9.72. The fourth-order valence-corrected chi connectivity index (χ4v) is 6.89. The Bertz CT molecular complexity index is 1390. The van der Waals surface area contributed by atoms with Crippen LogP contribution in [-0.2, 0) is 48.7 Å². The second kappa shape index (κ2) is 11.4. The highest BCUT2D eigenvalue weighted by Crippen LogP contribution is 2.43. The molecule has 0 saturated heterocycles. The molecule has 1 atom stereocenters. The average Bonchev–Trinajstić information content (AvgIpc) is 3.18. The average molecular weight is 579 g/mol. The van der Waals surface area contributed by atoms with Gasteiger partial charge in [-0.15, -0.1) is 0 Å². The van der Waals surface area contributed by atoms with Crippen molar-refractivity contribution in [3.63, 3.8) is 0 Å². The first-order chi connectivity index (χ1) is 19.8. The zero-order chi connectivity index (χ0) is 30.4. The van der Waals surface area contributed by atoms with Crippen LogP contribution < -0.4 is 5.32 Å². The zero-order valence-corrected chi connectivity index (χ0v) is 25.6. The number of carbonyl (C=O) groups is 3. The SMILES string of the molecule is COCc1ccc2c(c1)CCN(C(=O)C1CC(CC(=O)OC(C)(C)C)C1)C2C(=O)Nc1cc(F)c2c(c1)CCC2(C)C. The molecular weight excluding hydrogens is 535 g/mol. The Morgan fingerprint density at radius 1 is 1.07 bits per heavy atom. The minimum absolute atomic E-state index is 0.0795. The van der Waals surface area contributed by atoms with E-state index >= 15 is 4.39 Å². The van der Waals surface area contributed by atoms with Crippen molar-refractivity contribution in [2.75, 3.05) is 19.0 Å². The summed E-state index contributed by atoms with van der Waals surface area (Å²) in [6.07, 6.45) is 3.71. The standard InChI is InChI=1S/C34H43FN2O5/c1-33(2,3)42-28(38)16-21-14-24(15-21)32(40)37-12-10-22-13-20(19-41-6)7-8-26(22)30(37)31(39)36-25-17-23-9-11-34(4,5)29(23)27(35)18-25/h7-8,13,17-18,21,24,30H,9-12,14-16,19H2,1-6H3,(H,36,39). The number of nitrogens with zero attached hydrogens (tertiary/aromatic N) is 1. The topological polar surface area (TPSA) is 84.9 Å². The summed E-state index contributed by atoms with van der Waals surface area (Å²) in [5.41, 5.74) is 4.05. The monoisotopic (exact) mass is 578 g/mol. The number of ether oxygens (including phenoxy) is 2. The molecule has 0 radical (unpaired) electrons. The predicted octanol–water partition coefficient (Wildman–Crippen LogP) is 6.02. The van der Waals surface area contributed by atoms with Gasteiger partial charge in [0.2, 0.25) is 5.91 Å². The first-order valence-corrected chi connectivity index (χ1v) is 15.0. The maximum absolute atomic E-state index is 15.2. The first-order valence-electron chi connectivity index (χ1n) is 15.0. The van der Waals surface area contributed by atoms with Crippen LogP contribution in [0.2, 0.25) is 0 Å². The summed E-state index contributed by atoms with van der Waals surface area (Å²) in [6.45, 7) is 10.5. The molecule has 2 aromatic rings. The minimum Gasteiger partial charge on any atom is -0.460 e. The van der Waals surface area contributed by atoms with Crippen LogP contribution in [0.5, 0.6) is 0 Å². The number of rotatable bonds is 7. The molecule has 2 amide bonds. The normalized spacial score (nSPS) is 22.5. The molecule has 226 valence electrons. The van der Waals surface area contributed by atoms with Crippen molar-refractivity contribution in [2.45, 2.75) is 96.8 Å². The van der Waals surface area contributed by atoms with Gasteiger partial charge in [-0.2, -0.15) is 0 Å². The molecule has 2 aliphatic carbocycles. The van der Waals surface area contributed by atoms with Crippen molar-refractivity contribution in [1.82, 2.24) is 4.90 Å². The zero-order valence-electron chi connectivity index (χ0n) is 25.6. The highest BCUT2D eigenvalue weighted by atomic mass is 19.1. The fourth-order valence-electron chi connectivity index (χ4n) is 6.89. The Morgan fingerprint density at radius 3 is 2.50 bits per heavy atom. The molecule has 0 spiro atoms. The number of anilines is 1. The second-order valence-corrected chi connectivity index (χ2v) is 13.8. The van der Waals surface area contributed by atoms with E-state index in [1.807, 2.05) is 58.9 Å². The summed E-state index contributed by atoms with van der Waals surface area (Å²) in [5.74, 6) is -1.15. The molecule has 1 unspecified atom stereocenters. The third kappa shape index (κ3) is 6.24. The van der Waals surface area contributed by atoms with Gasteiger partial charge in [0.25, 0.3) is 5.91 Å². The van der Waals surface area contributed by atoms with Crippen LogP contribution in [0.4, 0.5) is 10.1 Å². The summed E-state index contributed by atoms with van der Waals surface area (Å²) < 4.78 is 26.0. The third-order valence-electron chi connectivity index (χ3n) is 8.87. The smallest absolute Gasteiger partial charge is 0.306 e. The Balaban J connectivity index is 1.36. The summed E-state index contributed by atoms with van der Waals surface area (Å²) in [4.78, 5) is 41.7. The van der Waals surface area contributed by atoms with E-state index < -0.39 is 11.6 Å². The van der Waals surface area contributed by atoms with Crippen molar-refractivity contribution in [3.8, 4) is 0 Å². The summed E-state index contributed by atoms with van der Waals surface area (Å²) >= 11 is 0. The lowest BCUT2D eigenvalue weighted by Gasteiger charge is -2.42. The van der Waals surface area contributed by atoms with Gasteiger partial charge in [-0.25, -0.2) is 4.39 Å². The van der Waals surface area contributed by atoms with Crippen LogP contribution >= 0.6 is 0 Å². The highest BCUT2D eigenvalue weighted by Gasteiger charge is 2.44. The molecule has 1 fully saturated rings. The van der Waals surface area contributed by atoms with Crippen molar-refractivity contribution >= 4 is 23.5 Å². The number of fused-ring (bicyclic) bond motifs is 2. The Hall–Kier alpha value is -3.26. The maximum Gasteiger partial charge on any atom is 0.306 e. The molecule has 7 nitrogen and oxygen atoms in total. The van der Waals surface area contributed by atoms with Gasteiger partial charge in [0.15, 0.2) is 0 Å². The van der Waals surface area contributed by atoms with Crippen LogP contribution in [-0.4, -0.2) is 41.9 Å². The van der Waals surface area contributed by atoms with Gasteiger partial charge in [0.05, 0.1) is 6.61 Å². The summed E-state index contributed by atoms with van der Waals surface area (Å²) in [5, 5.41) is 2.95. The number of amides is 2. The number of benzene rings is 2. The number of esters is 1. The molecule has 2 aromatic carbocycles. The van der Waals surface area contributed by atoms with Crippen LogP contribution in [0.15, 0.2) is 30.3 Å². The van der Waals surface area contributed by atoms with Gasteiger partial charge in [-0.1, -0.05) is 32.0 Å². The van der Waals surface area contributed by atoms with Gasteiger partial charge in [0, 0.05) is 31.7 Å². The lowest BCUT2D eigenvalue weighted by Crippen LogP contribution is -2.50. The van der Waals surface area contributed by atoms with E-state index in [9.17, 15) is 14.4 Å². The van der Waals surface area contributed by atoms with Crippen molar-refractivity contribution in [2.24, 2.45) is 11.8 Å². The van der Waals surface area contributed by atoms with Crippen LogP contribution in [0, 0.1) is 17.7 Å². The van der Waals surface area contributed by atoms with Crippen LogP contribution in [0.3, 0.4) is 0 Å². The van der Waals surface area contributed by atoms with Gasteiger partial charge in [0.1, 0.15) is 17.5 Å². The molecular formula is C34H43FN2O5. The number of methoxy groups -OCH3 is 1. The highest BCUT2D eigenvalue weighted by molar-refractivity contribution is 5.99. The number of halogens is 1. The van der Waals surface area contributed by atoms with E-state index in [0.29, 0.717) is 38.1 Å². The van der Waals surface area contributed by atoms with E-state index in [-0.39, 0.29) is 47.3 Å². The Labute approximate surface area is 248 Å². The Kier molecular flexibility index (Phi) is 8.23. The largest absolute Gasteiger partial charge is 0.460 e. The van der Waals surface area contributed by atoms with Gasteiger partial charge in [-0.05, 0) is 104 Å². The summed E-state index contributed by atoms with van der Waals surface area (Å²) in [6, 6.07) is 8.30. The molecule has 0 aromatic heterocycles. The molecule has 5 rings (SSSR count). The number of hydrogen-bond donors (Lipinski definition) is 1. The molecule has 1 N–H and O–H groups in total. The lowest BCUT2D eigenvalue weighted by molar-refractivity contribution is -0.159. The summed E-state index contributed by atoms with van der Waals surface area (Å²) in [7, 11) is 1.64. The number of nitrogens with one attached hydrogen (secondary N) is 1. The molecule has 3 aliphatic rings. The van der Waals surface area contributed by atoms with Crippen molar-refractivity contribution in [3.05, 3.63) is 64.0 Å². The molecule has 0 bridgehead atoms. The first kappa shape index (κ1) is 30.2. The quantitative estimate of drug-likeness (QED) is 0.407. The van der Waals surface area contributed by atoms with Crippen molar-refractivity contribution < 1.29 is 28.2 Å². The van der Waals surface area contributed by atoms with E-state index in [4.69, 9.17) is 9.47 Å². The molecule has 1 aliphatic heterocycles. The molecule has 1 saturated carbocycles. The van der Waals surface area contributed by atoms with E-state index in [1.165, 1.54) is 6.07 Å². The van der Waals surface area contributed by atoms with Gasteiger partial charge >= 0.3 is 5.97 Å². The number of carbonyl (C=O) groups excluding carboxylic acids is 3. The predicted molar refractivity (Wildman–Crippen MR) is 158 cm³/mol. The minimum atomic E-state index is -0.837. The third-order valence-corrected chi connectivity index (χ3v) is 8.87. The molecule has 1 heterocycles. The number of hydrogen-bond acceptors (Lipinski definition) is 5. The van der Waals surface area contributed by atoms with Crippen molar-refractivity contribution in [1.29, 1.82) is 0 Å². The molecule has 8 heteroatoms. The van der Waals surface area contributed by atoms with E-state index in [1.54, 1.807) is 12.0 Å². The van der Waals surface area contributed by atoms with Crippen LogP contribution in [0.25, 0.3) is 0 Å². The fraction of sp³-hybridized carbons (Fsp3) is 0.559. The number of aryl methyl sites for hydroxylation is 1. The van der Waals surface area contributed by atoms with Gasteiger partial charge in [-0.3, -0.25) is 14.4 Å². The second-order valence-electron chi connectivity index (χ2n) is 13.8. The Morgan fingerprint density at radius 2 is 1.81 bits per heavy atom. The van der Waals surface area contributed by atoms with Gasteiger partial charge < -0.3 is 19.7 Å². The van der Waals surface area contributed by atoms with E-state index in [2.05, 4.69) is 5.32 Å².